The Balaban J connectivity index is 0.00000192. The van der Waals surface area contributed by atoms with E-state index in [1.165, 1.54) is 0 Å². The lowest BCUT2D eigenvalue weighted by atomic mass is 9.92. The van der Waals surface area contributed by atoms with Gasteiger partial charge in [-0.25, -0.2) is 4.68 Å². The van der Waals surface area contributed by atoms with E-state index in [0.29, 0.717) is 18.0 Å². The van der Waals surface area contributed by atoms with Crippen LogP contribution in [0.15, 0.2) is 42.7 Å². The molecule has 1 saturated heterocycles. The number of hydrogen-bond acceptors (Lipinski definition) is 3. The van der Waals surface area contributed by atoms with Crippen LogP contribution in [0.1, 0.15) is 30.1 Å². The van der Waals surface area contributed by atoms with Gasteiger partial charge in [-0.3, -0.25) is 4.79 Å². The van der Waals surface area contributed by atoms with Crippen LogP contribution in [0.25, 0.3) is 5.69 Å². The van der Waals surface area contributed by atoms with Gasteiger partial charge >= 0.3 is 0 Å². The first-order valence-corrected chi connectivity index (χ1v) is 7.80. The van der Waals surface area contributed by atoms with E-state index >= 15 is 0 Å². The highest BCUT2D eigenvalue weighted by Crippen LogP contribution is 2.24. The molecule has 3 rings (SSSR count). The smallest absolute Gasteiger partial charge is 0.254 e. The van der Waals surface area contributed by atoms with Gasteiger partial charge in [-0.1, -0.05) is 6.92 Å². The summed E-state index contributed by atoms with van der Waals surface area (Å²) in [7, 11) is 0. The Morgan fingerprint density at radius 1 is 1.35 bits per heavy atom. The molecule has 0 saturated carbocycles. The Hall–Kier alpha value is -1.85. The fourth-order valence-corrected chi connectivity index (χ4v) is 3.09. The number of aromatic nitrogens is 2. The van der Waals surface area contributed by atoms with Crippen molar-refractivity contribution in [1.82, 2.24) is 14.7 Å². The van der Waals surface area contributed by atoms with Crippen LogP contribution in [-0.2, 0) is 0 Å². The minimum atomic E-state index is 0. The van der Waals surface area contributed by atoms with Crippen molar-refractivity contribution in [2.75, 3.05) is 13.1 Å². The van der Waals surface area contributed by atoms with Crippen molar-refractivity contribution in [2.24, 2.45) is 11.7 Å². The number of piperidine rings is 1. The second-order valence-electron chi connectivity index (χ2n) is 6.02. The third-order valence-corrected chi connectivity index (χ3v) is 4.39. The number of halogens is 1. The summed E-state index contributed by atoms with van der Waals surface area (Å²) in [5, 5.41) is 4.19. The van der Waals surface area contributed by atoms with Crippen LogP contribution in [0, 0.1) is 5.92 Å². The van der Waals surface area contributed by atoms with Crippen LogP contribution in [0.5, 0.6) is 0 Å². The molecule has 1 aliphatic heterocycles. The number of benzene rings is 1. The molecule has 124 valence electrons. The number of carbonyl (C=O) groups excluding carboxylic acids is 1. The van der Waals surface area contributed by atoms with Crippen molar-refractivity contribution in [3.05, 3.63) is 48.3 Å². The molecule has 23 heavy (non-hydrogen) atoms. The third kappa shape index (κ3) is 3.74. The van der Waals surface area contributed by atoms with Crippen molar-refractivity contribution in [3.63, 3.8) is 0 Å². The van der Waals surface area contributed by atoms with Gasteiger partial charge in [0.05, 0.1) is 5.69 Å². The average molecular weight is 335 g/mol. The summed E-state index contributed by atoms with van der Waals surface area (Å²) >= 11 is 0. The van der Waals surface area contributed by atoms with Gasteiger partial charge in [0.25, 0.3) is 5.91 Å². The normalized spacial score (nSPS) is 20.9. The van der Waals surface area contributed by atoms with Gasteiger partial charge in [-0.2, -0.15) is 5.10 Å². The zero-order valence-electron chi connectivity index (χ0n) is 13.3. The third-order valence-electron chi connectivity index (χ3n) is 4.39. The monoisotopic (exact) mass is 334 g/mol. The van der Waals surface area contributed by atoms with Gasteiger partial charge < -0.3 is 10.6 Å². The van der Waals surface area contributed by atoms with Gasteiger partial charge in [0, 0.05) is 37.1 Å². The van der Waals surface area contributed by atoms with E-state index in [0.717, 1.165) is 25.1 Å². The quantitative estimate of drug-likeness (QED) is 0.938. The maximum atomic E-state index is 12.7. The van der Waals surface area contributed by atoms with Crippen molar-refractivity contribution >= 4 is 18.3 Å². The zero-order chi connectivity index (χ0) is 15.5. The highest BCUT2D eigenvalue weighted by Gasteiger charge is 2.29. The van der Waals surface area contributed by atoms with Crippen molar-refractivity contribution in [2.45, 2.75) is 25.8 Å². The van der Waals surface area contributed by atoms with E-state index in [1.54, 1.807) is 10.9 Å². The van der Waals surface area contributed by atoms with E-state index < -0.39 is 0 Å². The molecule has 1 amide bonds. The second kappa shape index (κ2) is 7.62. The van der Waals surface area contributed by atoms with Crippen LogP contribution < -0.4 is 5.73 Å². The Bertz CT molecular complexity index is 627. The topological polar surface area (TPSA) is 64.2 Å². The van der Waals surface area contributed by atoms with Gasteiger partial charge in [0.15, 0.2) is 0 Å². The van der Waals surface area contributed by atoms with Crippen molar-refractivity contribution < 1.29 is 4.79 Å². The first-order valence-electron chi connectivity index (χ1n) is 7.80. The standard InChI is InChI=1S/C17H22N4O.ClH/c1-13-7-10-20(16(11-13)12-18)17(22)14-3-5-15(6-4-14)21-9-2-8-19-21;/h2-6,8-9,13,16H,7,10-12,18H2,1H3;1H. The van der Waals surface area contributed by atoms with Gasteiger partial charge in [-0.05, 0) is 49.1 Å². The second-order valence-corrected chi connectivity index (χ2v) is 6.02. The molecule has 0 spiro atoms. The number of nitrogens with zero attached hydrogens (tertiary/aromatic N) is 3. The van der Waals surface area contributed by atoms with E-state index in [4.69, 9.17) is 5.73 Å². The Kier molecular flexibility index (Phi) is 5.80. The molecule has 2 N–H and O–H groups in total. The lowest BCUT2D eigenvalue weighted by molar-refractivity contribution is 0.0573. The number of nitrogens with two attached hydrogens (primary N) is 1. The van der Waals surface area contributed by atoms with E-state index in [-0.39, 0.29) is 24.4 Å². The summed E-state index contributed by atoms with van der Waals surface area (Å²) in [5.41, 5.74) is 7.51. The van der Waals surface area contributed by atoms with Crippen molar-refractivity contribution in [1.29, 1.82) is 0 Å². The Labute approximate surface area is 142 Å². The first kappa shape index (κ1) is 17.5. The number of rotatable bonds is 3. The number of amides is 1. The number of hydrogen-bond donors (Lipinski definition) is 1. The Morgan fingerprint density at radius 3 is 2.70 bits per heavy atom. The molecule has 1 aromatic carbocycles. The highest BCUT2D eigenvalue weighted by atomic mass is 35.5. The molecule has 1 aliphatic rings. The molecule has 6 heteroatoms. The molecule has 2 aromatic rings. The molecule has 2 heterocycles. The lowest BCUT2D eigenvalue weighted by Crippen LogP contribution is -2.49. The molecule has 0 radical (unpaired) electrons. The zero-order valence-corrected chi connectivity index (χ0v) is 14.1. The molecule has 0 bridgehead atoms. The molecule has 2 unspecified atom stereocenters. The van der Waals surface area contributed by atoms with E-state index in [2.05, 4.69) is 12.0 Å². The molecule has 2 atom stereocenters. The predicted octanol–water partition coefficient (Wildman–Crippen LogP) is 2.49. The van der Waals surface area contributed by atoms with Gasteiger partial charge in [0.1, 0.15) is 0 Å². The maximum Gasteiger partial charge on any atom is 0.254 e. The average Bonchev–Trinajstić information content (AvgIpc) is 3.08. The summed E-state index contributed by atoms with van der Waals surface area (Å²) < 4.78 is 1.78. The van der Waals surface area contributed by atoms with Gasteiger partial charge in [-0.15, -0.1) is 12.4 Å². The molecule has 1 aromatic heterocycles. The Morgan fingerprint density at radius 2 is 2.09 bits per heavy atom. The first-order chi connectivity index (χ1) is 10.7. The van der Waals surface area contributed by atoms with Crippen LogP contribution in [0.2, 0.25) is 0 Å². The molecule has 5 nitrogen and oxygen atoms in total. The van der Waals surface area contributed by atoms with Gasteiger partial charge in [0.2, 0.25) is 0 Å². The van der Waals surface area contributed by atoms with Crippen LogP contribution in [-0.4, -0.2) is 39.7 Å². The van der Waals surface area contributed by atoms with Crippen LogP contribution in [0.4, 0.5) is 0 Å². The summed E-state index contributed by atoms with van der Waals surface area (Å²) in [6, 6.07) is 9.60. The summed E-state index contributed by atoms with van der Waals surface area (Å²) in [6.07, 6.45) is 5.66. The minimum absolute atomic E-state index is 0. The molecule has 0 aliphatic carbocycles. The largest absolute Gasteiger partial charge is 0.334 e. The molecular formula is C17H23ClN4O. The molecule has 1 fully saturated rings. The minimum Gasteiger partial charge on any atom is -0.334 e. The SMILES string of the molecule is CC1CCN(C(=O)c2ccc(-n3cccn3)cc2)C(CN)C1.Cl. The number of carbonyl (C=O) groups is 1. The highest BCUT2D eigenvalue weighted by molar-refractivity contribution is 5.94. The van der Waals surface area contributed by atoms with E-state index in [9.17, 15) is 4.79 Å². The maximum absolute atomic E-state index is 12.7. The summed E-state index contributed by atoms with van der Waals surface area (Å²) in [4.78, 5) is 14.7. The number of likely N-dealkylation sites (tertiary alicyclic amines) is 1. The van der Waals surface area contributed by atoms with E-state index in [1.807, 2.05) is 41.4 Å². The predicted molar refractivity (Wildman–Crippen MR) is 93.1 cm³/mol. The van der Waals surface area contributed by atoms with Crippen molar-refractivity contribution in [3.8, 4) is 5.69 Å². The fraction of sp³-hybridized carbons (Fsp3) is 0.412. The lowest BCUT2D eigenvalue weighted by Gasteiger charge is -2.38. The molecular weight excluding hydrogens is 312 g/mol. The van der Waals surface area contributed by atoms with Crippen LogP contribution in [0.3, 0.4) is 0 Å². The summed E-state index contributed by atoms with van der Waals surface area (Å²) in [6.45, 7) is 3.55. The van der Waals surface area contributed by atoms with Crippen LogP contribution >= 0.6 is 12.4 Å². The fourth-order valence-electron chi connectivity index (χ4n) is 3.09. The summed E-state index contributed by atoms with van der Waals surface area (Å²) in [5.74, 6) is 0.717.